The minimum Gasteiger partial charge on any atom is -0.388 e. The summed E-state index contributed by atoms with van der Waals surface area (Å²) >= 11 is 6.37. The first-order chi connectivity index (χ1) is 15.5. The summed E-state index contributed by atoms with van der Waals surface area (Å²) < 4.78 is 27.6. The zero-order chi connectivity index (χ0) is 24.0. The number of fused-ring (bicyclic) bond motifs is 1. The van der Waals surface area contributed by atoms with Crippen molar-refractivity contribution in [1.29, 1.82) is 0 Å². The number of amides is 1. The molecule has 0 radical (unpaired) electrons. The van der Waals surface area contributed by atoms with Gasteiger partial charge in [0.1, 0.15) is 5.82 Å². The predicted octanol–water partition coefficient (Wildman–Crippen LogP) is 3.94. The van der Waals surface area contributed by atoms with Gasteiger partial charge >= 0.3 is 0 Å². The molecule has 1 aliphatic heterocycles. The van der Waals surface area contributed by atoms with Crippen molar-refractivity contribution >= 4 is 34.2 Å². The van der Waals surface area contributed by atoms with Crippen LogP contribution in [0.4, 0.5) is 14.6 Å². The van der Waals surface area contributed by atoms with E-state index in [1.54, 1.807) is 12.1 Å². The van der Waals surface area contributed by atoms with E-state index in [-0.39, 0.29) is 30.0 Å². The second kappa shape index (κ2) is 8.96. The van der Waals surface area contributed by atoms with Crippen molar-refractivity contribution in [3.63, 3.8) is 0 Å². The van der Waals surface area contributed by atoms with E-state index in [0.29, 0.717) is 16.9 Å². The first-order valence-electron chi connectivity index (χ1n) is 11.4. The number of anilines is 1. The second-order valence-corrected chi connectivity index (χ2v) is 10.2. The number of carbonyl (C=O) groups excluding carboxylic acids is 1. The van der Waals surface area contributed by atoms with Crippen molar-refractivity contribution in [2.75, 3.05) is 38.6 Å². The van der Waals surface area contributed by atoms with Gasteiger partial charge in [0.05, 0.1) is 21.7 Å². The number of nitrogens with one attached hydrogen (secondary N) is 1. The molecule has 9 heteroatoms. The van der Waals surface area contributed by atoms with Gasteiger partial charge in [-0.1, -0.05) is 18.5 Å². The Kier molecular flexibility index (Phi) is 6.55. The second-order valence-electron chi connectivity index (χ2n) is 9.78. The van der Waals surface area contributed by atoms with Gasteiger partial charge in [-0.3, -0.25) is 4.79 Å². The summed E-state index contributed by atoms with van der Waals surface area (Å²) in [5, 5.41) is 14.4. The van der Waals surface area contributed by atoms with E-state index in [2.05, 4.69) is 29.2 Å². The number of benzene rings is 1. The normalized spacial score (nSPS) is 27.3. The molecular formula is C24H31ClF2N4O2. The number of likely N-dealkylation sites (N-methyl/N-ethyl adjacent to an activating group) is 1. The number of pyridine rings is 1. The molecule has 2 aliphatic rings. The van der Waals surface area contributed by atoms with Gasteiger partial charge in [0.25, 0.3) is 11.8 Å². The van der Waals surface area contributed by atoms with Gasteiger partial charge in [-0.15, -0.1) is 0 Å². The van der Waals surface area contributed by atoms with E-state index in [1.165, 1.54) is 6.92 Å². The number of hydrogen-bond acceptors (Lipinski definition) is 5. The van der Waals surface area contributed by atoms with Gasteiger partial charge in [0.2, 0.25) is 0 Å². The Hall–Kier alpha value is -2.03. The standard InChI is InChI=1S/C24H31ClF2N4O2/c1-15-12-23(33,9-10-24(15,26)27)14-28-22(32)21-17-4-7-20(29-19(17)6-5-18(21)25)31-11-8-16(13-31)30(2)3/h4-7,15-16,33H,8-14H2,1-3H3,(H,28,32)/t15?,16-,23?/m1/s1. The third-order valence-electron chi connectivity index (χ3n) is 7.16. The van der Waals surface area contributed by atoms with E-state index < -0.39 is 29.8 Å². The molecule has 2 N–H and O–H groups in total. The third kappa shape index (κ3) is 4.93. The van der Waals surface area contributed by atoms with Gasteiger partial charge in [-0.25, -0.2) is 13.8 Å². The Bertz CT molecular complexity index is 1050. The highest BCUT2D eigenvalue weighted by molar-refractivity contribution is 6.35. The maximum Gasteiger partial charge on any atom is 0.253 e. The Morgan fingerprint density at radius 1 is 1.30 bits per heavy atom. The lowest BCUT2D eigenvalue weighted by molar-refractivity contribution is -0.138. The SMILES string of the molecule is CC1CC(O)(CNC(=O)c2c(Cl)ccc3nc(N4CC[C@@H](N(C)C)C4)ccc23)CCC1(F)F. The summed E-state index contributed by atoms with van der Waals surface area (Å²) in [6, 6.07) is 7.64. The Morgan fingerprint density at radius 3 is 2.73 bits per heavy atom. The van der Waals surface area contributed by atoms with Crippen LogP contribution >= 0.6 is 11.6 Å². The molecule has 1 aromatic heterocycles. The lowest BCUT2D eigenvalue weighted by atomic mass is 9.76. The van der Waals surface area contributed by atoms with Crippen molar-refractivity contribution in [3.05, 3.63) is 34.9 Å². The van der Waals surface area contributed by atoms with Crippen molar-refractivity contribution in [1.82, 2.24) is 15.2 Å². The molecule has 1 saturated heterocycles. The highest BCUT2D eigenvalue weighted by atomic mass is 35.5. The Labute approximate surface area is 197 Å². The molecule has 0 spiro atoms. The van der Waals surface area contributed by atoms with E-state index in [1.807, 2.05) is 12.1 Å². The fourth-order valence-corrected chi connectivity index (χ4v) is 5.16. The fourth-order valence-electron chi connectivity index (χ4n) is 4.91. The molecule has 2 aromatic rings. The molecule has 2 unspecified atom stereocenters. The topological polar surface area (TPSA) is 68.7 Å². The monoisotopic (exact) mass is 480 g/mol. The van der Waals surface area contributed by atoms with E-state index in [4.69, 9.17) is 16.6 Å². The molecule has 180 valence electrons. The number of alkyl halides is 2. The van der Waals surface area contributed by atoms with Crippen LogP contribution in [0.25, 0.3) is 10.9 Å². The highest BCUT2D eigenvalue weighted by Gasteiger charge is 2.47. The van der Waals surface area contributed by atoms with Crippen molar-refractivity contribution < 1.29 is 18.7 Å². The molecule has 3 atom stereocenters. The summed E-state index contributed by atoms with van der Waals surface area (Å²) in [6.45, 7) is 3.13. The van der Waals surface area contributed by atoms with Crippen LogP contribution in [0.5, 0.6) is 0 Å². The first kappa shape index (κ1) is 24.1. The number of nitrogens with zero attached hydrogens (tertiary/aromatic N) is 3. The van der Waals surface area contributed by atoms with Gasteiger partial charge < -0.3 is 20.2 Å². The van der Waals surface area contributed by atoms with E-state index >= 15 is 0 Å². The minimum absolute atomic E-state index is 0.0669. The van der Waals surface area contributed by atoms with Crippen LogP contribution in [-0.2, 0) is 0 Å². The molecule has 1 saturated carbocycles. The van der Waals surface area contributed by atoms with Crippen molar-refractivity contribution in [2.45, 2.75) is 50.2 Å². The van der Waals surface area contributed by atoms with Crippen LogP contribution < -0.4 is 10.2 Å². The summed E-state index contributed by atoms with van der Waals surface area (Å²) in [5.41, 5.74) is -0.434. The fraction of sp³-hybridized carbons (Fsp3) is 0.583. The van der Waals surface area contributed by atoms with E-state index in [9.17, 15) is 18.7 Å². The molecule has 0 bridgehead atoms. The number of carbonyl (C=O) groups is 1. The van der Waals surface area contributed by atoms with E-state index in [0.717, 1.165) is 25.3 Å². The predicted molar refractivity (Wildman–Crippen MR) is 126 cm³/mol. The van der Waals surface area contributed by atoms with Gasteiger partial charge in [0, 0.05) is 43.4 Å². The molecular weight excluding hydrogens is 450 g/mol. The largest absolute Gasteiger partial charge is 0.388 e. The van der Waals surface area contributed by atoms with Crippen LogP contribution in [0.15, 0.2) is 24.3 Å². The summed E-state index contributed by atoms with van der Waals surface area (Å²) in [5.74, 6) is -3.34. The zero-order valence-corrected chi connectivity index (χ0v) is 20.0. The van der Waals surface area contributed by atoms with Crippen LogP contribution in [0.1, 0.15) is 43.0 Å². The lowest BCUT2D eigenvalue weighted by Gasteiger charge is -2.40. The maximum atomic E-state index is 13.8. The molecule has 33 heavy (non-hydrogen) atoms. The molecule has 2 fully saturated rings. The molecule has 4 rings (SSSR count). The van der Waals surface area contributed by atoms with Crippen LogP contribution in [0, 0.1) is 5.92 Å². The summed E-state index contributed by atoms with van der Waals surface area (Å²) in [6.07, 6.45) is 0.530. The summed E-state index contributed by atoms with van der Waals surface area (Å²) in [7, 11) is 4.15. The lowest BCUT2D eigenvalue weighted by Crippen LogP contribution is -2.50. The molecule has 1 amide bonds. The zero-order valence-electron chi connectivity index (χ0n) is 19.2. The number of aliphatic hydroxyl groups is 1. The number of hydrogen-bond donors (Lipinski definition) is 2. The third-order valence-corrected chi connectivity index (χ3v) is 7.47. The number of aromatic nitrogens is 1. The summed E-state index contributed by atoms with van der Waals surface area (Å²) in [4.78, 5) is 22.2. The minimum atomic E-state index is -2.79. The van der Waals surface area contributed by atoms with Crippen LogP contribution in [0.2, 0.25) is 5.02 Å². The van der Waals surface area contributed by atoms with Crippen LogP contribution in [0.3, 0.4) is 0 Å². The quantitative estimate of drug-likeness (QED) is 0.678. The first-order valence-corrected chi connectivity index (χ1v) is 11.8. The van der Waals surface area contributed by atoms with Crippen molar-refractivity contribution in [2.24, 2.45) is 5.92 Å². The molecule has 2 heterocycles. The maximum absolute atomic E-state index is 13.8. The number of rotatable bonds is 5. The van der Waals surface area contributed by atoms with Gasteiger partial charge in [-0.2, -0.15) is 0 Å². The van der Waals surface area contributed by atoms with Gasteiger partial charge in [-0.05, 0) is 57.6 Å². The van der Waals surface area contributed by atoms with Gasteiger partial charge in [0.15, 0.2) is 0 Å². The number of halogens is 3. The molecule has 6 nitrogen and oxygen atoms in total. The van der Waals surface area contributed by atoms with Crippen molar-refractivity contribution in [3.8, 4) is 0 Å². The molecule has 1 aliphatic carbocycles. The Morgan fingerprint density at radius 2 is 2.06 bits per heavy atom. The Balaban J connectivity index is 1.51. The van der Waals surface area contributed by atoms with Crippen LogP contribution in [-0.4, -0.2) is 72.2 Å². The average Bonchev–Trinajstić information content (AvgIpc) is 3.26. The molecule has 1 aromatic carbocycles. The highest BCUT2D eigenvalue weighted by Crippen LogP contribution is 2.42. The average molecular weight is 481 g/mol. The smallest absolute Gasteiger partial charge is 0.253 e.